The largest absolute Gasteiger partial charge is 0.488 e. The summed E-state index contributed by atoms with van der Waals surface area (Å²) in [6.07, 6.45) is -11.3. The number of H-pyrrole nitrogens is 2. The number of ether oxygens (including phenoxy) is 4. The number of hydrogen-bond donors (Lipinski definition) is 11. The van der Waals surface area contributed by atoms with Crippen LogP contribution in [-0.2, 0) is 66.4 Å². The van der Waals surface area contributed by atoms with E-state index in [2.05, 4.69) is 48.5 Å². The molecule has 3 fully saturated rings. The number of nitrogens with zero attached hydrogens (tertiary/aromatic N) is 10. The molecule has 14 N–H and O–H groups in total. The lowest BCUT2D eigenvalue weighted by atomic mass is 9.93. The maximum absolute atomic E-state index is 13.7. The first-order valence-corrected chi connectivity index (χ1v) is 28.4. The van der Waals surface area contributed by atoms with Crippen LogP contribution in [0, 0.1) is 11.8 Å². The van der Waals surface area contributed by atoms with Gasteiger partial charge in [-0.05, 0) is 12.3 Å². The molecule has 10 unspecified atom stereocenters. The summed E-state index contributed by atoms with van der Waals surface area (Å²) in [7, 11) is -19.6. The second-order valence-corrected chi connectivity index (χ2v) is 24.2. The van der Waals surface area contributed by atoms with Gasteiger partial charge >= 0.3 is 36.7 Å². The van der Waals surface area contributed by atoms with Gasteiger partial charge in [-0.15, -0.1) is 0 Å². The number of aromatic amines is 2. The molecule has 0 aliphatic carbocycles. The summed E-state index contributed by atoms with van der Waals surface area (Å²) < 4.78 is 107. The topological polar surface area (TPSA) is 513 Å². The van der Waals surface area contributed by atoms with E-state index < -0.39 is 135 Å². The number of phosphoric ester groups is 2. The molecule has 40 heteroatoms. The molecule has 6 aromatic rings. The van der Waals surface area contributed by atoms with Gasteiger partial charge in [-0.2, -0.15) is 9.29 Å². The standard InChI is InChI=1S/C35H49N15O21P4/c1-13-14(2)31(50-12-47(3)20-28(50)44-35(38)46-30(20)54)67-16(13)7-65-74(59,60)71-75(61,62)70-72(55,56)6-5-15-23(24(63-4)33(66-15)48-10-41-18-25(36)39-9-40-26(18)48)69-73(57,58)64-8-17-21(51)22(52)32(68-17)49-11-42-19-27(49)43-34(37)45-29(19)53/h9-17,21-24,31-33,51-52H,5-8H2,1-4H3,(H11-,36,37,38,39,40,43,44,45,46,53,54,55,56,57,58,59,60,61,62)/p+1/t13?,14?,15-,16-,17-,21?,22?,23?,24?,31-,32-,33-/m1/s1. The number of aliphatic hydroxyl groups excluding tert-OH is 2. The Hall–Kier alpha value is -5.03. The fraction of sp³-hybridized carbons (Fsp3) is 0.571. The lowest BCUT2D eigenvalue weighted by molar-refractivity contribution is -0.745. The molecule has 0 spiro atoms. The predicted molar refractivity (Wildman–Crippen MR) is 249 cm³/mol. The van der Waals surface area contributed by atoms with E-state index in [0.717, 1.165) is 24.3 Å². The Morgan fingerprint density at radius 2 is 1.37 bits per heavy atom. The summed E-state index contributed by atoms with van der Waals surface area (Å²) >= 11 is 0. The van der Waals surface area contributed by atoms with E-state index in [0.29, 0.717) is 0 Å². The van der Waals surface area contributed by atoms with E-state index in [4.69, 9.17) is 49.7 Å². The predicted octanol–water partition coefficient (Wildman–Crippen LogP) is -1.70. The van der Waals surface area contributed by atoms with Gasteiger partial charge in [0, 0.05) is 13.0 Å². The van der Waals surface area contributed by atoms with E-state index in [1.54, 1.807) is 31.8 Å². The van der Waals surface area contributed by atoms with Crippen molar-refractivity contribution in [1.29, 1.82) is 0 Å². The van der Waals surface area contributed by atoms with Crippen molar-refractivity contribution in [2.45, 2.75) is 81.7 Å². The van der Waals surface area contributed by atoms with E-state index in [9.17, 15) is 57.6 Å². The van der Waals surface area contributed by atoms with Crippen LogP contribution >= 0.6 is 31.1 Å². The fourth-order valence-electron chi connectivity index (χ4n) is 9.00. The number of rotatable bonds is 19. The molecule has 0 bridgehead atoms. The number of imidazole rings is 3. The Morgan fingerprint density at radius 3 is 2.09 bits per heavy atom. The first-order chi connectivity index (χ1) is 35.2. The normalized spacial score (nSPS) is 30.5. The smallest absolute Gasteiger partial charge is 0.387 e. The van der Waals surface area contributed by atoms with Crippen molar-refractivity contribution >= 4 is 82.3 Å². The van der Waals surface area contributed by atoms with Crippen LogP contribution in [0.25, 0.3) is 33.5 Å². The Labute approximate surface area is 419 Å². The first-order valence-electron chi connectivity index (χ1n) is 22.1. The summed E-state index contributed by atoms with van der Waals surface area (Å²) in [6.45, 7) is 1.88. The average Bonchev–Trinajstić information content (AvgIpc) is 4.17. The number of hydrogen-bond acceptors (Lipinski definition) is 26. The van der Waals surface area contributed by atoms with Crippen molar-refractivity contribution in [3.8, 4) is 0 Å². The van der Waals surface area contributed by atoms with Crippen LogP contribution in [-0.4, -0.2) is 153 Å². The molecule has 0 amide bonds. The Morgan fingerprint density at radius 1 is 0.733 bits per heavy atom. The molecule has 16 atom stereocenters. The maximum atomic E-state index is 13.7. The molecule has 0 radical (unpaired) electrons. The number of nitrogens with two attached hydrogens (primary N) is 3. The highest BCUT2D eigenvalue weighted by Gasteiger charge is 2.53. The third-order valence-corrected chi connectivity index (χ3v) is 18.5. The molecular weight excluding hydrogens is 1090 g/mol. The number of methoxy groups -OCH3 is 1. The van der Waals surface area contributed by atoms with Crippen LogP contribution in [0.5, 0.6) is 0 Å². The van der Waals surface area contributed by atoms with Crippen LogP contribution in [0.1, 0.15) is 39.0 Å². The van der Waals surface area contributed by atoms with Crippen LogP contribution in [0.15, 0.2) is 34.9 Å². The lowest BCUT2D eigenvalue weighted by Gasteiger charge is -2.26. The van der Waals surface area contributed by atoms with Gasteiger partial charge in [0.25, 0.3) is 17.1 Å². The minimum Gasteiger partial charge on any atom is -0.387 e. The summed E-state index contributed by atoms with van der Waals surface area (Å²) in [5.41, 5.74) is 16.4. The number of nitrogens with one attached hydrogen (secondary N) is 2. The van der Waals surface area contributed by atoms with Gasteiger partial charge in [-0.3, -0.25) is 51.4 Å². The van der Waals surface area contributed by atoms with Crippen LogP contribution < -0.4 is 32.9 Å². The molecule has 6 aromatic heterocycles. The second kappa shape index (κ2) is 20.4. The molecule has 75 heavy (non-hydrogen) atoms. The summed E-state index contributed by atoms with van der Waals surface area (Å²) in [5.74, 6) is -1.26. The molecule has 3 aliphatic heterocycles. The Kier molecular flexibility index (Phi) is 14.9. The van der Waals surface area contributed by atoms with Crippen LogP contribution in [0.2, 0.25) is 0 Å². The van der Waals surface area contributed by atoms with Crippen LogP contribution in [0.4, 0.5) is 17.7 Å². The molecule has 410 valence electrons. The van der Waals surface area contributed by atoms with Gasteiger partial charge in [0.15, 0.2) is 47.6 Å². The van der Waals surface area contributed by atoms with Crippen molar-refractivity contribution in [2.75, 3.05) is 43.7 Å². The molecule has 0 saturated carbocycles. The highest BCUT2D eigenvalue weighted by molar-refractivity contribution is 7.68. The molecule has 9 heterocycles. The zero-order valence-corrected chi connectivity index (χ0v) is 42.9. The Balaban J connectivity index is 0.862. The fourth-order valence-corrected chi connectivity index (χ4v) is 14.1. The van der Waals surface area contributed by atoms with Gasteiger partial charge in [-0.1, -0.05) is 18.8 Å². The molecule has 3 aliphatic rings. The number of nitrogen functional groups attached to an aromatic ring is 3. The zero-order chi connectivity index (χ0) is 54.3. The zero-order valence-electron chi connectivity index (χ0n) is 39.4. The first kappa shape index (κ1) is 54.7. The van der Waals surface area contributed by atoms with Crippen LogP contribution in [0.3, 0.4) is 0 Å². The van der Waals surface area contributed by atoms with Crippen molar-refractivity contribution in [3.05, 3.63) is 46.0 Å². The van der Waals surface area contributed by atoms with Gasteiger partial charge in [0.1, 0.15) is 42.4 Å². The number of aromatic nitrogens is 12. The van der Waals surface area contributed by atoms with Gasteiger partial charge in [-0.25, -0.2) is 42.5 Å². The van der Waals surface area contributed by atoms with E-state index in [1.165, 1.54) is 15.5 Å². The quantitative estimate of drug-likeness (QED) is 0.0318. The summed E-state index contributed by atoms with van der Waals surface area (Å²) in [4.78, 5) is 97.0. The number of fused-ring (bicyclic) bond motifs is 3. The number of anilines is 3. The minimum atomic E-state index is -5.97. The average molecular weight is 1140 g/mol. The third-order valence-electron chi connectivity index (χ3n) is 12.7. The molecule has 0 aromatic carbocycles. The number of aryl methyl sites for hydroxylation is 1. The van der Waals surface area contributed by atoms with E-state index in [-0.39, 0.29) is 57.1 Å². The van der Waals surface area contributed by atoms with Crippen molar-refractivity contribution in [3.63, 3.8) is 0 Å². The van der Waals surface area contributed by atoms with Crippen molar-refractivity contribution in [1.82, 2.24) is 53.6 Å². The van der Waals surface area contributed by atoms with Gasteiger partial charge in [0.2, 0.25) is 11.5 Å². The number of aliphatic hydroxyl groups is 2. The van der Waals surface area contributed by atoms with Crippen molar-refractivity contribution in [2.24, 2.45) is 18.9 Å². The Bertz CT molecular complexity index is 3470. The maximum Gasteiger partial charge on any atom is 0.488 e. The second-order valence-electron chi connectivity index (χ2n) is 17.6. The molecular formula is C35H50N15O21P4+. The highest BCUT2D eigenvalue weighted by atomic mass is 31.3. The van der Waals surface area contributed by atoms with E-state index in [1.807, 2.05) is 0 Å². The number of phosphoric acid groups is 3. The SMILES string of the molecule is COC1C(OP(=O)(O)OC[C@H]2O[C@@H](n3cnc4c(=O)[nH]c(N)nc43)C(O)C2O)[C@@H](CCP(=O)(O)OP(=O)(O)OP(=O)(O)OC[C@H]2O[C@@H]([n+]3cn(C)c4c(=O)[nH]c(N)nc43)C(C)C2C)O[C@H]1n1cnc2c(N)ncnc21. The molecule has 36 nitrogen and oxygen atoms in total. The van der Waals surface area contributed by atoms with Gasteiger partial charge < -0.3 is 65.9 Å². The summed E-state index contributed by atoms with van der Waals surface area (Å²) in [6, 6.07) is 0. The van der Waals surface area contributed by atoms with Gasteiger partial charge in [0.05, 0.1) is 51.3 Å². The summed E-state index contributed by atoms with van der Waals surface area (Å²) in [5, 5.41) is 21.8. The molecule has 3 saturated heterocycles. The third kappa shape index (κ3) is 11.0. The monoisotopic (exact) mass is 1140 g/mol. The van der Waals surface area contributed by atoms with E-state index >= 15 is 0 Å². The molecule has 9 rings (SSSR count). The highest BCUT2D eigenvalue weighted by Crippen LogP contribution is 2.68. The lowest BCUT2D eigenvalue weighted by Crippen LogP contribution is -2.42. The van der Waals surface area contributed by atoms with Crippen molar-refractivity contribution < 1.29 is 93.8 Å². The minimum absolute atomic E-state index is 0.0430.